The van der Waals surface area contributed by atoms with Crippen molar-refractivity contribution in [3.8, 4) is 5.75 Å². The Balaban J connectivity index is 1.46. The molecule has 0 spiro atoms. The van der Waals surface area contributed by atoms with Crippen molar-refractivity contribution in [1.82, 2.24) is 0 Å². The molecule has 5 rings (SSSR count). The van der Waals surface area contributed by atoms with Gasteiger partial charge in [0.25, 0.3) is 5.91 Å². The molecule has 0 aliphatic carbocycles. The molecule has 4 aromatic carbocycles. The van der Waals surface area contributed by atoms with Crippen LogP contribution in [-0.4, -0.2) is 18.1 Å². The molecule has 0 aromatic heterocycles. The van der Waals surface area contributed by atoms with E-state index in [1.807, 2.05) is 41.3 Å². The molecule has 0 N–H and O–H groups in total. The molecular formula is C31H31NO2. The fourth-order valence-corrected chi connectivity index (χ4v) is 5.62. The Bertz CT molecular complexity index is 1360. The molecule has 0 saturated carbocycles. The standard InChI is InChI=1S/C31H31NO2/c1-22-13-16-25(17-14-22)31(4)21-30(2,3)32(28-12-8-7-11-27(28)31)29(33)20-34-26-18-15-23-9-5-6-10-24(23)19-26/h5-19H,20-21H2,1-4H3. The molecule has 1 atom stereocenters. The van der Waals surface area contributed by atoms with Crippen LogP contribution in [0.1, 0.15) is 43.9 Å². The summed E-state index contributed by atoms with van der Waals surface area (Å²) in [5.41, 5.74) is 4.10. The molecule has 1 unspecified atom stereocenters. The first-order chi connectivity index (χ1) is 16.3. The van der Waals surface area contributed by atoms with Crippen LogP contribution in [0.2, 0.25) is 0 Å². The number of fused-ring (bicyclic) bond motifs is 2. The van der Waals surface area contributed by atoms with Gasteiger partial charge in [-0.15, -0.1) is 0 Å². The van der Waals surface area contributed by atoms with E-state index in [-0.39, 0.29) is 23.5 Å². The highest BCUT2D eigenvalue weighted by molar-refractivity contribution is 5.97. The zero-order chi connectivity index (χ0) is 23.9. The number of carbonyl (C=O) groups excluding carboxylic acids is 1. The van der Waals surface area contributed by atoms with Crippen LogP contribution in [0.4, 0.5) is 5.69 Å². The first kappa shape index (κ1) is 22.2. The highest BCUT2D eigenvalue weighted by atomic mass is 16.5. The average Bonchev–Trinajstić information content (AvgIpc) is 2.82. The summed E-state index contributed by atoms with van der Waals surface area (Å²) >= 11 is 0. The SMILES string of the molecule is Cc1ccc(C2(C)CC(C)(C)N(C(=O)COc3ccc4ccccc4c3)c3ccccc32)cc1. The number of hydrogen-bond acceptors (Lipinski definition) is 2. The molecule has 3 heteroatoms. The number of para-hydroxylation sites is 1. The maximum Gasteiger partial charge on any atom is 0.265 e. The van der Waals surface area contributed by atoms with Gasteiger partial charge in [-0.05, 0) is 67.3 Å². The van der Waals surface area contributed by atoms with Crippen molar-refractivity contribution in [3.63, 3.8) is 0 Å². The average molecular weight is 450 g/mol. The van der Waals surface area contributed by atoms with Crippen LogP contribution in [0, 0.1) is 6.92 Å². The Morgan fingerprint density at radius 3 is 2.29 bits per heavy atom. The van der Waals surface area contributed by atoms with Crippen LogP contribution in [0.25, 0.3) is 10.8 Å². The van der Waals surface area contributed by atoms with E-state index in [0.29, 0.717) is 5.75 Å². The maximum atomic E-state index is 13.6. The van der Waals surface area contributed by atoms with E-state index in [4.69, 9.17) is 4.74 Å². The quantitative estimate of drug-likeness (QED) is 0.334. The fraction of sp³-hybridized carbons (Fsp3) is 0.258. The van der Waals surface area contributed by atoms with Gasteiger partial charge in [0.15, 0.2) is 6.61 Å². The predicted molar refractivity (Wildman–Crippen MR) is 140 cm³/mol. The molecule has 1 aliphatic heterocycles. The van der Waals surface area contributed by atoms with Crippen LogP contribution in [0.3, 0.4) is 0 Å². The zero-order valence-corrected chi connectivity index (χ0v) is 20.3. The number of hydrogen-bond donors (Lipinski definition) is 0. The predicted octanol–water partition coefficient (Wildman–Crippen LogP) is 7.05. The van der Waals surface area contributed by atoms with Crippen molar-refractivity contribution in [3.05, 3.63) is 108 Å². The summed E-state index contributed by atoms with van der Waals surface area (Å²) < 4.78 is 6.00. The summed E-state index contributed by atoms with van der Waals surface area (Å²) in [4.78, 5) is 15.6. The first-order valence-corrected chi connectivity index (χ1v) is 11.9. The smallest absolute Gasteiger partial charge is 0.265 e. The van der Waals surface area contributed by atoms with Gasteiger partial charge < -0.3 is 9.64 Å². The van der Waals surface area contributed by atoms with Crippen molar-refractivity contribution in [2.45, 2.75) is 45.1 Å². The van der Waals surface area contributed by atoms with Gasteiger partial charge in [-0.25, -0.2) is 0 Å². The summed E-state index contributed by atoms with van der Waals surface area (Å²) in [7, 11) is 0. The van der Waals surface area contributed by atoms with Gasteiger partial charge in [0.1, 0.15) is 5.75 Å². The minimum Gasteiger partial charge on any atom is -0.484 e. The largest absolute Gasteiger partial charge is 0.484 e. The van der Waals surface area contributed by atoms with E-state index in [1.54, 1.807) is 0 Å². The van der Waals surface area contributed by atoms with Gasteiger partial charge >= 0.3 is 0 Å². The molecule has 0 radical (unpaired) electrons. The Kier molecular flexibility index (Phi) is 5.44. The maximum absolute atomic E-state index is 13.6. The first-order valence-electron chi connectivity index (χ1n) is 11.9. The Hall–Kier alpha value is -3.59. The fourth-order valence-electron chi connectivity index (χ4n) is 5.62. The summed E-state index contributed by atoms with van der Waals surface area (Å²) in [5, 5.41) is 2.26. The Labute approximate surface area is 202 Å². The number of nitrogens with zero attached hydrogens (tertiary/aromatic N) is 1. The number of amides is 1. The monoisotopic (exact) mass is 449 g/mol. The van der Waals surface area contributed by atoms with Crippen molar-refractivity contribution in [2.75, 3.05) is 11.5 Å². The van der Waals surface area contributed by atoms with Crippen LogP contribution in [0.15, 0.2) is 91.0 Å². The normalized spacial score (nSPS) is 19.0. The second-order valence-electron chi connectivity index (χ2n) is 10.2. The van der Waals surface area contributed by atoms with E-state index in [1.165, 1.54) is 16.7 Å². The van der Waals surface area contributed by atoms with Gasteiger partial charge in [0.05, 0.1) is 0 Å². The summed E-state index contributed by atoms with van der Waals surface area (Å²) in [6.45, 7) is 8.72. The topological polar surface area (TPSA) is 29.5 Å². The van der Waals surface area contributed by atoms with Gasteiger partial charge in [-0.1, -0.05) is 85.3 Å². The van der Waals surface area contributed by atoms with Gasteiger partial charge in [-0.3, -0.25) is 4.79 Å². The molecule has 0 fully saturated rings. The third-order valence-corrected chi connectivity index (χ3v) is 7.15. The minimum absolute atomic E-state index is 0.00263. The number of ether oxygens (including phenoxy) is 1. The number of carbonyl (C=O) groups is 1. The minimum atomic E-state index is -0.377. The van der Waals surface area contributed by atoms with Crippen molar-refractivity contribution >= 4 is 22.4 Å². The van der Waals surface area contributed by atoms with E-state index in [2.05, 4.69) is 82.3 Å². The molecule has 172 valence electrons. The molecule has 1 amide bonds. The zero-order valence-electron chi connectivity index (χ0n) is 20.3. The number of benzene rings is 4. The molecule has 4 aromatic rings. The Morgan fingerprint density at radius 1 is 0.853 bits per heavy atom. The van der Waals surface area contributed by atoms with E-state index >= 15 is 0 Å². The summed E-state index contributed by atoms with van der Waals surface area (Å²) in [5.74, 6) is 0.677. The second kappa shape index (κ2) is 8.32. The van der Waals surface area contributed by atoms with E-state index < -0.39 is 0 Å². The summed E-state index contributed by atoms with van der Waals surface area (Å²) in [6, 6.07) is 31.2. The third-order valence-electron chi connectivity index (χ3n) is 7.15. The lowest BCUT2D eigenvalue weighted by atomic mass is 9.65. The second-order valence-corrected chi connectivity index (χ2v) is 10.2. The van der Waals surface area contributed by atoms with Crippen LogP contribution in [-0.2, 0) is 10.2 Å². The van der Waals surface area contributed by atoms with Gasteiger partial charge in [0.2, 0.25) is 0 Å². The highest BCUT2D eigenvalue weighted by Gasteiger charge is 2.47. The molecule has 0 bridgehead atoms. The molecule has 0 saturated heterocycles. The molecule has 3 nitrogen and oxygen atoms in total. The number of aryl methyl sites for hydroxylation is 1. The molecule has 1 heterocycles. The third kappa shape index (κ3) is 3.86. The van der Waals surface area contributed by atoms with Crippen molar-refractivity contribution < 1.29 is 9.53 Å². The number of rotatable bonds is 4. The van der Waals surface area contributed by atoms with Crippen LogP contribution >= 0.6 is 0 Å². The van der Waals surface area contributed by atoms with Gasteiger partial charge in [0, 0.05) is 16.6 Å². The van der Waals surface area contributed by atoms with E-state index in [9.17, 15) is 4.79 Å². The lowest BCUT2D eigenvalue weighted by Crippen LogP contribution is -2.57. The molecule has 34 heavy (non-hydrogen) atoms. The van der Waals surface area contributed by atoms with Gasteiger partial charge in [-0.2, -0.15) is 0 Å². The molecule has 1 aliphatic rings. The highest BCUT2D eigenvalue weighted by Crippen LogP contribution is 2.50. The van der Waals surface area contributed by atoms with Crippen LogP contribution in [0.5, 0.6) is 5.75 Å². The molecular weight excluding hydrogens is 418 g/mol. The van der Waals surface area contributed by atoms with Crippen molar-refractivity contribution in [2.24, 2.45) is 0 Å². The van der Waals surface area contributed by atoms with E-state index in [0.717, 1.165) is 22.9 Å². The number of anilines is 1. The lowest BCUT2D eigenvalue weighted by molar-refractivity contribution is -0.121. The van der Waals surface area contributed by atoms with Crippen LogP contribution < -0.4 is 9.64 Å². The van der Waals surface area contributed by atoms with Crippen molar-refractivity contribution in [1.29, 1.82) is 0 Å². The lowest BCUT2D eigenvalue weighted by Gasteiger charge is -2.51. The summed E-state index contributed by atoms with van der Waals surface area (Å²) in [6.07, 6.45) is 0.821. The Morgan fingerprint density at radius 2 is 1.53 bits per heavy atom.